The van der Waals surface area contributed by atoms with E-state index >= 15 is 0 Å². The van der Waals surface area contributed by atoms with Gasteiger partial charge in [-0.2, -0.15) is 0 Å². The molecule has 0 aromatic heterocycles. The standard InChI is InChI=1S/C63H109NO18/c1-3-5-7-9-11-13-15-17-19-20-21-22-23-24-25-27-28-30-32-34-36-38-40-47(68)46(64-51(69)41-39-37-35-33-31-29-26-18-16-14-12-10-8-6-4-2)45-77-61-57(75)54(72)59(49(43-66)79-61)82-63-58(76)55(73)60(50(44-67)80-63)81-62-56(74)53(71)52(70)48(42-65)78-62/h6,8,12,14,18,24-26,30,32,38,40,46-50,52-63,65-68,70-76H,3-5,7,9-11,13,15-17,19-23,27-29,31,33-37,39,41-45H2,1-2H3,(H,64,69)/b8-6-,14-12-,25-24+,26-18-,32-30+,40-38+. The SMILES string of the molecule is CC/C=C\C/C=C\C/C=C\CCCCCCCC(=O)NC(COC1OC(CO)C(OC2OC(CO)C(OC3OC(CO)C(O)C(O)C3O)C(O)C2O)C(O)C1O)C(O)/C=C/CC/C=C/CC/C=C/CCCCCCCCCCCCCC. The predicted molar refractivity (Wildman–Crippen MR) is 314 cm³/mol. The summed E-state index contributed by atoms with van der Waals surface area (Å²) in [5.41, 5.74) is 0. The maximum Gasteiger partial charge on any atom is 0.220 e. The van der Waals surface area contributed by atoms with E-state index in [2.05, 4.69) is 79.9 Å². The van der Waals surface area contributed by atoms with Crippen LogP contribution < -0.4 is 5.32 Å². The van der Waals surface area contributed by atoms with Crippen LogP contribution in [-0.4, -0.2) is 193 Å². The Labute approximate surface area is 489 Å². The smallest absolute Gasteiger partial charge is 0.220 e. The third-order valence-electron chi connectivity index (χ3n) is 15.2. The summed E-state index contributed by atoms with van der Waals surface area (Å²) in [6.45, 7) is 1.56. The quantitative estimate of drug-likeness (QED) is 0.0238. The lowest BCUT2D eigenvalue weighted by Crippen LogP contribution is -2.66. The van der Waals surface area contributed by atoms with Crippen molar-refractivity contribution < 1.29 is 89.4 Å². The maximum absolute atomic E-state index is 13.3. The number of aliphatic hydroxyl groups excluding tert-OH is 11. The van der Waals surface area contributed by atoms with E-state index in [1.165, 1.54) is 77.0 Å². The van der Waals surface area contributed by atoms with Gasteiger partial charge in [0.15, 0.2) is 18.9 Å². The fourth-order valence-corrected chi connectivity index (χ4v) is 10.1. The summed E-state index contributed by atoms with van der Waals surface area (Å²) in [4.78, 5) is 13.3. The molecule has 3 aliphatic heterocycles. The molecule has 474 valence electrons. The monoisotopic (exact) mass is 1170 g/mol. The molecule has 12 N–H and O–H groups in total. The van der Waals surface area contributed by atoms with Gasteiger partial charge in [-0.1, -0.05) is 177 Å². The van der Waals surface area contributed by atoms with Gasteiger partial charge in [0.25, 0.3) is 0 Å². The van der Waals surface area contributed by atoms with Crippen LogP contribution in [0.3, 0.4) is 0 Å². The molecule has 19 heteroatoms. The Kier molecular flexibility index (Phi) is 40.8. The van der Waals surface area contributed by atoms with Crippen molar-refractivity contribution >= 4 is 5.91 Å². The molecule has 17 atom stereocenters. The average molecular weight is 1170 g/mol. The van der Waals surface area contributed by atoms with Crippen LogP contribution in [0.25, 0.3) is 0 Å². The number of aliphatic hydroxyl groups is 11. The number of amides is 1. The third-order valence-corrected chi connectivity index (χ3v) is 15.2. The molecule has 3 fully saturated rings. The highest BCUT2D eigenvalue weighted by molar-refractivity contribution is 5.76. The first-order chi connectivity index (χ1) is 39.8. The topological polar surface area (TPSA) is 307 Å². The van der Waals surface area contributed by atoms with Crippen LogP contribution in [0.4, 0.5) is 0 Å². The molecule has 3 heterocycles. The summed E-state index contributed by atoms with van der Waals surface area (Å²) < 4.78 is 34.2. The van der Waals surface area contributed by atoms with Crippen LogP contribution in [0.5, 0.6) is 0 Å². The number of hydrogen-bond donors (Lipinski definition) is 12. The first kappa shape index (κ1) is 73.5. The van der Waals surface area contributed by atoms with Crippen molar-refractivity contribution in [3.63, 3.8) is 0 Å². The van der Waals surface area contributed by atoms with Crippen LogP contribution in [-0.2, 0) is 33.2 Å². The van der Waals surface area contributed by atoms with Crippen LogP contribution in [0, 0.1) is 0 Å². The number of ether oxygens (including phenoxy) is 6. The van der Waals surface area contributed by atoms with Gasteiger partial charge in [-0.3, -0.25) is 4.79 Å². The lowest BCUT2D eigenvalue weighted by molar-refractivity contribution is -0.379. The molecule has 0 aromatic rings. The van der Waals surface area contributed by atoms with E-state index in [0.717, 1.165) is 77.0 Å². The highest BCUT2D eigenvalue weighted by Crippen LogP contribution is 2.33. The molecule has 0 aliphatic carbocycles. The summed E-state index contributed by atoms with van der Waals surface area (Å²) in [5.74, 6) is -0.310. The lowest BCUT2D eigenvalue weighted by atomic mass is 9.96. The Morgan fingerprint density at radius 1 is 0.451 bits per heavy atom. The Bertz CT molecular complexity index is 1780. The summed E-state index contributed by atoms with van der Waals surface area (Å²) >= 11 is 0. The molecule has 17 unspecified atom stereocenters. The second-order valence-corrected chi connectivity index (χ2v) is 22.1. The number of nitrogens with one attached hydrogen (secondary N) is 1. The van der Waals surface area contributed by atoms with E-state index in [-0.39, 0.29) is 18.9 Å². The normalized spacial score (nSPS) is 30.1. The highest BCUT2D eigenvalue weighted by atomic mass is 16.8. The van der Waals surface area contributed by atoms with Gasteiger partial charge in [0.2, 0.25) is 5.91 Å². The number of allylic oxidation sites excluding steroid dienone is 11. The fourth-order valence-electron chi connectivity index (χ4n) is 10.1. The van der Waals surface area contributed by atoms with E-state index < -0.39 is 124 Å². The lowest BCUT2D eigenvalue weighted by Gasteiger charge is -2.48. The Morgan fingerprint density at radius 2 is 0.854 bits per heavy atom. The fraction of sp³-hybridized carbons (Fsp3) is 0.794. The molecule has 0 bridgehead atoms. The van der Waals surface area contributed by atoms with Gasteiger partial charge in [0, 0.05) is 6.42 Å². The largest absolute Gasteiger partial charge is 0.394 e. The molecule has 3 rings (SSSR count). The Hall–Kier alpha value is -2.77. The molecule has 0 saturated carbocycles. The minimum atomic E-state index is -1.99. The number of rotatable bonds is 45. The van der Waals surface area contributed by atoms with Crippen molar-refractivity contribution in [2.24, 2.45) is 0 Å². The molecular weight excluding hydrogens is 1060 g/mol. The second-order valence-electron chi connectivity index (χ2n) is 22.1. The maximum atomic E-state index is 13.3. The van der Waals surface area contributed by atoms with Crippen LogP contribution in [0.2, 0.25) is 0 Å². The molecule has 3 aliphatic rings. The van der Waals surface area contributed by atoms with E-state index in [9.17, 15) is 61.0 Å². The first-order valence-corrected chi connectivity index (χ1v) is 31.2. The van der Waals surface area contributed by atoms with Crippen molar-refractivity contribution in [2.75, 3.05) is 26.4 Å². The van der Waals surface area contributed by atoms with Gasteiger partial charge in [-0.05, 0) is 77.0 Å². The van der Waals surface area contributed by atoms with E-state index in [1.54, 1.807) is 6.08 Å². The highest BCUT2D eigenvalue weighted by Gasteiger charge is 2.53. The van der Waals surface area contributed by atoms with Gasteiger partial charge in [0.05, 0.1) is 38.6 Å². The zero-order valence-electron chi connectivity index (χ0n) is 49.4. The first-order valence-electron chi connectivity index (χ1n) is 31.2. The Morgan fingerprint density at radius 3 is 1.37 bits per heavy atom. The van der Waals surface area contributed by atoms with E-state index in [0.29, 0.717) is 12.8 Å². The van der Waals surface area contributed by atoms with Crippen molar-refractivity contribution in [3.8, 4) is 0 Å². The molecule has 19 nitrogen and oxygen atoms in total. The number of hydrogen-bond acceptors (Lipinski definition) is 18. The number of unbranched alkanes of at least 4 members (excludes halogenated alkanes) is 19. The van der Waals surface area contributed by atoms with Gasteiger partial charge in [-0.15, -0.1) is 0 Å². The zero-order valence-corrected chi connectivity index (χ0v) is 49.4. The average Bonchev–Trinajstić information content (AvgIpc) is 3.40. The van der Waals surface area contributed by atoms with Crippen LogP contribution >= 0.6 is 0 Å². The summed E-state index contributed by atoms with van der Waals surface area (Å²) in [6.07, 6.45) is 27.4. The van der Waals surface area contributed by atoms with Gasteiger partial charge < -0.3 is 89.9 Å². The Balaban J connectivity index is 1.51. The van der Waals surface area contributed by atoms with Gasteiger partial charge in [0.1, 0.15) is 73.2 Å². The van der Waals surface area contributed by atoms with Crippen molar-refractivity contribution in [3.05, 3.63) is 72.9 Å². The van der Waals surface area contributed by atoms with E-state index in [1.807, 2.05) is 6.08 Å². The molecule has 0 aromatic carbocycles. The minimum absolute atomic E-state index is 0.209. The molecule has 3 saturated heterocycles. The number of carbonyl (C=O) groups excluding carboxylic acids is 1. The summed E-state index contributed by atoms with van der Waals surface area (Å²) in [6, 6.07) is -1.01. The third kappa shape index (κ3) is 28.6. The van der Waals surface area contributed by atoms with E-state index in [4.69, 9.17) is 28.4 Å². The molecule has 82 heavy (non-hydrogen) atoms. The van der Waals surface area contributed by atoms with Crippen molar-refractivity contribution in [2.45, 2.75) is 291 Å². The van der Waals surface area contributed by atoms with Gasteiger partial charge in [-0.25, -0.2) is 0 Å². The molecular formula is C63H109NO18. The number of carbonyl (C=O) groups is 1. The summed E-state index contributed by atoms with van der Waals surface area (Å²) in [5, 5.41) is 120. The van der Waals surface area contributed by atoms with Gasteiger partial charge >= 0.3 is 0 Å². The van der Waals surface area contributed by atoms with Crippen molar-refractivity contribution in [1.82, 2.24) is 5.32 Å². The zero-order chi connectivity index (χ0) is 59.7. The molecule has 0 radical (unpaired) electrons. The van der Waals surface area contributed by atoms with Crippen molar-refractivity contribution in [1.29, 1.82) is 0 Å². The molecule has 0 spiro atoms. The molecule has 1 amide bonds. The predicted octanol–water partition coefficient (Wildman–Crippen LogP) is 6.21. The summed E-state index contributed by atoms with van der Waals surface area (Å²) in [7, 11) is 0. The second kappa shape index (κ2) is 45.5. The minimum Gasteiger partial charge on any atom is -0.394 e. The van der Waals surface area contributed by atoms with Crippen LogP contribution in [0.1, 0.15) is 187 Å². The van der Waals surface area contributed by atoms with Crippen LogP contribution in [0.15, 0.2) is 72.9 Å².